The molecule has 4 heteroatoms. The highest BCUT2D eigenvalue weighted by molar-refractivity contribution is 5.46. The van der Waals surface area contributed by atoms with Crippen molar-refractivity contribution in [1.29, 1.82) is 0 Å². The Morgan fingerprint density at radius 1 is 0.960 bits per heavy atom. The molecule has 0 unspecified atom stereocenters. The van der Waals surface area contributed by atoms with Gasteiger partial charge in [-0.3, -0.25) is 9.58 Å². The van der Waals surface area contributed by atoms with Gasteiger partial charge in [-0.05, 0) is 62.8 Å². The first-order valence-electron chi connectivity index (χ1n) is 9.87. The lowest BCUT2D eigenvalue weighted by atomic mass is 9.94. The van der Waals surface area contributed by atoms with Gasteiger partial charge in [-0.15, -0.1) is 0 Å². The van der Waals surface area contributed by atoms with Crippen LogP contribution in [0.5, 0.6) is 0 Å². The van der Waals surface area contributed by atoms with Crippen molar-refractivity contribution in [2.24, 2.45) is 7.05 Å². The van der Waals surface area contributed by atoms with Crippen LogP contribution in [0.3, 0.4) is 0 Å². The van der Waals surface area contributed by atoms with E-state index in [2.05, 4.69) is 51.9 Å². The van der Waals surface area contributed by atoms with Gasteiger partial charge in [0.15, 0.2) is 0 Å². The summed E-state index contributed by atoms with van der Waals surface area (Å²) < 4.78 is 2.14. The van der Waals surface area contributed by atoms with Gasteiger partial charge in [0, 0.05) is 44.6 Å². The van der Waals surface area contributed by atoms with Crippen LogP contribution in [-0.2, 0) is 26.3 Å². The minimum absolute atomic E-state index is 1.14. The van der Waals surface area contributed by atoms with Gasteiger partial charge in [0.05, 0.1) is 5.69 Å². The summed E-state index contributed by atoms with van der Waals surface area (Å²) in [6.45, 7) is 5.84. The van der Waals surface area contributed by atoms with Crippen molar-refractivity contribution in [3.05, 3.63) is 47.3 Å². The van der Waals surface area contributed by atoms with Crippen LogP contribution in [0.1, 0.15) is 36.2 Å². The van der Waals surface area contributed by atoms with Crippen LogP contribution in [0.2, 0.25) is 0 Å². The number of benzene rings is 1. The maximum atomic E-state index is 4.82. The molecule has 25 heavy (non-hydrogen) atoms. The second-order valence-corrected chi connectivity index (χ2v) is 7.47. The van der Waals surface area contributed by atoms with Crippen molar-refractivity contribution >= 4 is 5.69 Å². The Balaban J connectivity index is 1.25. The van der Waals surface area contributed by atoms with E-state index < -0.39 is 0 Å². The molecule has 1 aromatic carbocycles. The molecular formula is C21H30N4. The Kier molecular flexibility index (Phi) is 5.07. The number of aromatic nitrogens is 2. The second-order valence-electron chi connectivity index (χ2n) is 7.47. The molecule has 2 aliphatic rings. The van der Waals surface area contributed by atoms with Crippen molar-refractivity contribution in [3.8, 4) is 0 Å². The average Bonchev–Trinajstić information content (AvgIpc) is 2.99. The van der Waals surface area contributed by atoms with Crippen LogP contribution in [-0.4, -0.2) is 47.4 Å². The molecule has 1 aromatic heterocycles. The second kappa shape index (κ2) is 7.61. The summed E-state index contributed by atoms with van der Waals surface area (Å²) >= 11 is 0. The summed E-state index contributed by atoms with van der Waals surface area (Å²) in [5.74, 6) is 0. The van der Waals surface area contributed by atoms with Gasteiger partial charge in [0.2, 0.25) is 0 Å². The van der Waals surface area contributed by atoms with E-state index in [0.717, 1.165) is 19.5 Å². The fraction of sp³-hybridized carbons (Fsp3) is 0.571. The fourth-order valence-electron chi connectivity index (χ4n) is 4.40. The minimum atomic E-state index is 1.14. The third-order valence-corrected chi connectivity index (χ3v) is 5.83. The molecule has 1 aliphatic heterocycles. The molecule has 0 spiro atoms. The molecule has 1 aliphatic carbocycles. The number of aryl methyl sites for hydroxylation is 2. The van der Waals surface area contributed by atoms with Gasteiger partial charge < -0.3 is 4.90 Å². The van der Waals surface area contributed by atoms with Crippen molar-refractivity contribution in [1.82, 2.24) is 14.7 Å². The standard InChI is InChI=1S/C21H30N4/c1-23-21-12-6-5-10-19(21)20(22-23)11-7-13-24-14-16-25(17-15-24)18-8-3-2-4-9-18/h2-4,8-9H,5-7,10-17H2,1H3. The van der Waals surface area contributed by atoms with Crippen LogP contribution < -0.4 is 4.90 Å². The predicted molar refractivity (Wildman–Crippen MR) is 103 cm³/mol. The lowest BCUT2D eigenvalue weighted by Gasteiger charge is -2.36. The molecule has 134 valence electrons. The summed E-state index contributed by atoms with van der Waals surface area (Å²) in [4.78, 5) is 5.13. The van der Waals surface area contributed by atoms with Crippen molar-refractivity contribution in [2.75, 3.05) is 37.6 Å². The van der Waals surface area contributed by atoms with Gasteiger partial charge in [-0.2, -0.15) is 5.10 Å². The van der Waals surface area contributed by atoms with Crippen molar-refractivity contribution in [2.45, 2.75) is 38.5 Å². The first-order chi connectivity index (χ1) is 12.3. The molecular weight excluding hydrogens is 308 g/mol. The van der Waals surface area contributed by atoms with E-state index in [9.17, 15) is 0 Å². The number of anilines is 1. The quantitative estimate of drug-likeness (QED) is 0.837. The van der Waals surface area contributed by atoms with E-state index in [4.69, 9.17) is 5.10 Å². The summed E-state index contributed by atoms with van der Waals surface area (Å²) in [6, 6.07) is 10.8. The molecule has 4 rings (SSSR count). The molecule has 1 saturated heterocycles. The molecule has 0 saturated carbocycles. The fourth-order valence-corrected chi connectivity index (χ4v) is 4.40. The molecule has 0 N–H and O–H groups in total. The first kappa shape index (κ1) is 16.6. The summed E-state index contributed by atoms with van der Waals surface area (Å²) in [5, 5.41) is 4.82. The Labute approximate surface area is 151 Å². The average molecular weight is 338 g/mol. The number of piperazine rings is 1. The van der Waals surface area contributed by atoms with Gasteiger partial charge in [0.25, 0.3) is 0 Å². The van der Waals surface area contributed by atoms with Crippen LogP contribution in [0.4, 0.5) is 5.69 Å². The number of fused-ring (bicyclic) bond motifs is 1. The zero-order valence-corrected chi connectivity index (χ0v) is 15.5. The summed E-state index contributed by atoms with van der Waals surface area (Å²) in [6.07, 6.45) is 7.51. The van der Waals surface area contributed by atoms with Crippen LogP contribution in [0.15, 0.2) is 30.3 Å². The lowest BCUT2D eigenvalue weighted by molar-refractivity contribution is 0.254. The SMILES string of the molecule is Cn1nc(CCCN2CCN(c3ccccc3)CC2)c2c1CCCC2. The molecule has 0 amide bonds. The molecule has 2 aromatic rings. The van der Waals surface area contributed by atoms with Crippen LogP contribution >= 0.6 is 0 Å². The van der Waals surface area contributed by atoms with Crippen molar-refractivity contribution in [3.63, 3.8) is 0 Å². The van der Waals surface area contributed by atoms with E-state index in [1.807, 2.05) is 0 Å². The minimum Gasteiger partial charge on any atom is -0.369 e. The molecule has 4 nitrogen and oxygen atoms in total. The predicted octanol–water partition coefficient (Wildman–Crippen LogP) is 3.05. The lowest BCUT2D eigenvalue weighted by Crippen LogP contribution is -2.46. The monoisotopic (exact) mass is 338 g/mol. The van der Waals surface area contributed by atoms with Gasteiger partial charge in [-0.25, -0.2) is 0 Å². The molecule has 2 heterocycles. The number of para-hydroxylation sites is 1. The van der Waals surface area contributed by atoms with Crippen LogP contribution in [0, 0.1) is 0 Å². The highest BCUT2D eigenvalue weighted by Crippen LogP contribution is 2.24. The Bertz CT molecular complexity index is 683. The number of hydrogen-bond acceptors (Lipinski definition) is 3. The van der Waals surface area contributed by atoms with Crippen molar-refractivity contribution < 1.29 is 0 Å². The van der Waals surface area contributed by atoms with E-state index in [1.54, 1.807) is 5.56 Å². The van der Waals surface area contributed by atoms with E-state index in [1.165, 1.54) is 68.8 Å². The molecule has 1 fully saturated rings. The zero-order chi connectivity index (χ0) is 17.1. The number of nitrogens with zero attached hydrogens (tertiary/aromatic N) is 4. The van der Waals surface area contributed by atoms with E-state index in [0.29, 0.717) is 0 Å². The Hall–Kier alpha value is -1.81. The largest absolute Gasteiger partial charge is 0.369 e. The van der Waals surface area contributed by atoms with Gasteiger partial charge in [0.1, 0.15) is 0 Å². The zero-order valence-electron chi connectivity index (χ0n) is 15.5. The maximum Gasteiger partial charge on any atom is 0.0659 e. The highest BCUT2D eigenvalue weighted by atomic mass is 15.3. The number of rotatable bonds is 5. The highest BCUT2D eigenvalue weighted by Gasteiger charge is 2.20. The Morgan fingerprint density at radius 2 is 1.72 bits per heavy atom. The normalized spacial score (nSPS) is 18.4. The van der Waals surface area contributed by atoms with Gasteiger partial charge in [-0.1, -0.05) is 18.2 Å². The van der Waals surface area contributed by atoms with E-state index >= 15 is 0 Å². The van der Waals surface area contributed by atoms with Gasteiger partial charge >= 0.3 is 0 Å². The maximum absolute atomic E-state index is 4.82. The van der Waals surface area contributed by atoms with E-state index in [-0.39, 0.29) is 0 Å². The molecule has 0 atom stereocenters. The smallest absolute Gasteiger partial charge is 0.0659 e. The van der Waals surface area contributed by atoms with Crippen LogP contribution in [0.25, 0.3) is 0 Å². The number of hydrogen-bond donors (Lipinski definition) is 0. The summed E-state index contributed by atoms with van der Waals surface area (Å²) in [5.41, 5.74) is 5.81. The summed E-state index contributed by atoms with van der Waals surface area (Å²) in [7, 11) is 2.12. The third-order valence-electron chi connectivity index (χ3n) is 5.83. The molecule has 0 bridgehead atoms. The molecule has 0 radical (unpaired) electrons. The first-order valence-corrected chi connectivity index (χ1v) is 9.87. The Morgan fingerprint density at radius 3 is 2.52 bits per heavy atom. The topological polar surface area (TPSA) is 24.3 Å². The third kappa shape index (κ3) is 3.74.